The van der Waals surface area contributed by atoms with Crippen LogP contribution < -0.4 is 85.5 Å². The summed E-state index contributed by atoms with van der Waals surface area (Å²) in [5, 5.41) is 46.8. The lowest BCUT2D eigenvalue weighted by Crippen LogP contribution is -2.53. The summed E-state index contributed by atoms with van der Waals surface area (Å²) >= 11 is 0. The van der Waals surface area contributed by atoms with Gasteiger partial charge in [-0.2, -0.15) is 0 Å². The molecular weight excluding hydrogens is 1430 g/mol. The number of hydrogen-bond acceptors (Lipinski definition) is 16. The van der Waals surface area contributed by atoms with Crippen LogP contribution in [-0.2, 0) is 89.6 Å². The SMILES string of the molecule is CC(=O)N[C@H](CC(=O)N[C@H]1CNC[C@@H]1C(=O)N[C@H](CC(=O)N[C@H]1CCC[C@@H]1C(=O)N[C@H]1CNC[C@@H]1C(=O)N[C@H](CC(=O)N[C@H]1CNC[C@@H]1C(=O)N[C@H]1CCC[C@@H]1C(=O)N[C@H](CC(=O)N[C@H]1CNC[C@@H]1C(=O)N[C@H](CC(N)=O)Cc1ccccc1)Cc1ccccc1)Cc1ccccc1)Cc1ccccc1)Cc1ccccc1. The molecule has 6 aliphatic rings. The van der Waals surface area contributed by atoms with Gasteiger partial charge in [0, 0.05) is 134 Å². The largest absolute Gasteiger partial charge is 0.370 e. The van der Waals surface area contributed by atoms with E-state index in [0.717, 1.165) is 27.8 Å². The maximum Gasteiger partial charge on any atom is 0.226 e. The van der Waals surface area contributed by atoms with Gasteiger partial charge < -0.3 is 85.5 Å². The zero-order valence-electron chi connectivity index (χ0n) is 63.7. The number of hydrogen-bond donors (Lipinski definition) is 16. The van der Waals surface area contributed by atoms with Crippen molar-refractivity contribution in [3.05, 3.63) is 179 Å². The number of primary amides is 1. The van der Waals surface area contributed by atoms with Crippen LogP contribution in [-0.4, -0.2) is 190 Å². The molecule has 0 radical (unpaired) electrons. The van der Waals surface area contributed by atoms with Crippen LogP contribution in [0.1, 0.15) is 105 Å². The van der Waals surface area contributed by atoms with Crippen molar-refractivity contribution in [2.75, 3.05) is 52.4 Å². The van der Waals surface area contributed by atoms with Crippen LogP contribution in [0.3, 0.4) is 0 Å². The number of carbonyl (C=O) groups is 12. The van der Waals surface area contributed by atoms with E-state index in [1.54, 1.807) is 0 Å². The third-order valence-corrected chi connectivity index (χ3v) is 22.5. The Balaban J connectivity index is 0.656. The Hall–Kier alpha value is -10.4. The van der Waals surface area contributed by atoms with E-state index in [-0.39, 0.29) is 104 Å². The molecular formula is C84H110N16O12. The smallest absolute Gasteiger partial charge is 0.226 e. The van der Waals surface area contributed by atoms with Gasteiger partial charge in [-0.05, 0) is 85.6 Å². The molecule has 0 spiro atoms. The van der Waals surface area contributed by atoms with Gasteiger partial charge in [0.25, 0.3) is 0 Å². The van der Waals surface area contributed by atoms with E-state index in [1.165, 1.54) is 6.92 Å². The highest BCUT2D eigenvalue weighted by Gasteiger charge is 2.44. The van der Waals surface area contributed by atoms with Crippen LogP contribution >= 0.6 is 0 Å². The summed E-state index contributed by atoms with van der Waals surface area (Å²) in [7, 11) is 0. The highest BCUT2D eigenvalue weighted by molar-refractivity contribution is 5.89. The molecule has 5 aromatic carbocycles. The first kappa shape index (κ1) is 82.5. The fraction of sp³-hybridized carbons (Fsp3) is 0.500. The zero-order chi connectivity index (χ0) is 78.9. The van der Waals surface area contributed by atoms with Crippen LogP contribution in [0, 0.1) is 35.5 Å². The average Bonchev–Trinajstić information content (AvgIpc) is 1.67. The molecule has 598 valence electrons. The first-order chi connectivity index (χ1) is 54.2. The van der Waals surface area contributed by atoms with Gasteiger partial charge in [0.1, 0.15) is 0 Å². The monoisotopic (exact) mass is 1530 g/mol. The summed E-state index contributed by atoms with van der Waals surface area (Å²) in [5.41, 5.74) is 10.1. The van der Waals surface area contributed by atoms with Crippen LogP contribution in [0.15, 0.2) is 152 Å². The summed E-state index contributed by atoms with van der Waals surface area (Å²) in [6.45, 7) is 3.78. The predicted octanol–water partition coefficient (Wildman–Crippen LogP) is 0.466. The normalized spacial score (nSPS) is 24.5. The van der Waals surface area contributed by atoms with Gasteiger partial charge >= 0.3 is 0 Å². The second-order valence-electron chi connectivity index (χ2n) is 31.2. The number of nitrogens with one attached hydrogen (secondary N) is 15. The molecule has 0 unspecified atom stereocenters. The average molecular weight is 1540 g/mol. The van der Waals surface area contributed by atoms with Gasteiger partial charge in [-0.1, -0.05) is 165 Å². The first-order valence-corrected chi connectivity index (χ1v) is 39.8. The molecule has 28 nitrogen and oxygen atoms in total. The van der Waals surface area contributed by atoms with Crippen molar-refractivity contribution in [3.63, 3.8) is 0 Å². The Labute approximate surface area is 654 Å². The van der Waals surface area contributed by atoms with Crippen molar-refractivity contribution in [1.29, 1.82) is 0 Å². The predicted molar refractivity (Wildman–Crippen MR) is 420 cm³/mol. The Bertz CT molecular complexity index is 4020. The lowest BCUT2D eigenvalue weighted by molar-refractivity contribution is -0.131. The van der Waals surface area contributed by atoms with Gasteiger partial charge in [-0.25, -0.2) is 0 Å². The molecule has 28 heteroatoms. The number of benzene rings is 5. The third-order valence-electron chi connectivity index (χ3n) is 22.5. The lowest BCUT2D eigenvalue weighted by Gasteiger charge is -2.28. The molecule has 11 rings (SSSR count). The molecule has 17 atom stereocenters. The van der Waals surface area contributed by atoms with E-state index < -0.39 is 114 Å². The van der Waals surface area contributed by atoms with Crippen LogP contribution in [0.2, 0.25) is 0 Å². The molecule has 12 amide bonds. The third kappa shape index (κ3) is 24.8. The maximum absolute atomic E-state index is 14.5. The van der Waals surface area contributed by atoms with Crippen LogP contribution in [0.4, 0.5) is 0 Å². The molecule has 4 saturated heterocycles. The molecule has 17 N–H and O–H groups in total. The summed E-state index contributed by atoms with van der Waals surface area (Å²) in [6, 6.07) is 41.0. The Morgan fingerprint density at radius 3 is 0.848 bits per heavy atom. The second kappa shape index (κ2) is 41.2. The summed E-state index contributed by atoms with van der Waals surface area (Å²) in [5.74, 6) is -8.11. The van der Waals surface area contributed by atoms with Crippen LogP contribution in [0.25, 0.3) is 0 Å². The second-order valence-corrected chi connectivity index (χ2v) is 31.2. The minimum atomic E-state index is -0.718. The van der Waals surface area contributed by atoms with E-state index in [0.29, 0.717) is 110 Å². The van der Waals surface area contributed by atoms with E-state index >= 15 is 0 Å². The number of amides is 12. The van der Waals surface area contributed by atoms with Crippen molar-refractivity contribution in [3.8, 4) is 0 Å². The maximum atomic E-state index is 14.5. The topological polar surface area (TPSA) is 411 Å². The van der Waals surface area contributed by atoms with Crippen molar-refractivity contribution < 1.29 is 57.5 Å². The molecule has 6 fully saturated rings. The fourth-order valence-corrected chi connectivity index (χ4v) is 17.0. The fourth-order valence-electron chi connectivity index (χ4n) is 17.0. The molecule has 0 bridgehead atoms. The Kier molecular flexibility index (Phi) is 30.4. The summed E-state index contributed by atoms with van der Waals surface area (Å²) in [4.78, 5) is 166. The van der Waals surface area contributed by atoms with E-state index in [9.17, 15) is 57.5 Å². The van der Waals surface area contributed by atoms with E-state index in [1.807, 2.05) is 152 Å². The molecule has 0 aromatic heterocycles. The van der Waals surface area contributed by atoms with Gasteiger partial charge in [0.2, 0.25) is 70.9 Å². The van der Waals surface area contributed by atoms with E-state index in [4.69, 9.17) is 5.73 Å². The van der Waals surface area contributed by atoms with Gasteiger partial charge in [0.15, 0.2) is 0 Å². The molecule has 2 aliphatic carbocycles. The minimum Gasteiger partial charge on any atom is -0.370 e. The summed E-state index contributed by atoms with van der Waals surface area (Å²) < 4.78 is 0. The van der Waals surface area contributed by atoms with Gasteiger partial charge in [0.05, 0.1) is 59.7 Å². The van der Waals surface area contributed by atoms with Gasteiger partial charge in [-0.3, -0.25) is 57.5 Å². The zero-order valence-corrected chi connectivity index (χ0v) is 63.7. The van der Waals surface area contributed by atoms with Crippen LogP contribution in [0.5, 0.6) is 0 Å². The Morgan fingerprint density at radius 2 is 0.536 bits per heavy atom. The highest BCUT2D eigenvalue weighted by Crippen LogP contribution is 2.30. The number of carbonyl (C=O) groups excluding carboxylic acids is 12. The number of nitrogens with two attached hydrogens (primary N) is 1. The van der Waals surface area contributed by atoms with Crippen molar-refractivity contribution >= 4 is 70.9 Å². The number of rotatable bonds is 37. The highest BCUT2D eigenvalue weighted by atomic mass is 16.2. The quantitative estimate of drug-likeness (QED) is 0.0257. The summed E-state index contributed by atoms with van der Waals surface area (Å²) in [6.07, 6.45) is 4.83. The first-order valence-electron chi connectivity index (χ1n) is 39.8. The van der Waals surface area contributed by atoms with Crippen molar-refractivity contribution in [1.82, 2.24) is 79.8 Å². The molecule has 2 saturated carbocycles. The lowest BCUT2D eigenvalue weighted by atomic mass is 9.96. The van der Waals surface area contributed by atoms with Crippen molar-refractivity contribution in [2.24, 2.45) is 41.2 Å². The molecule has 112 heavy (non-hydrogen) atoms. The Morgan fingerprint density at radius 1 is 0.295 bits per heavy atom. The molecule has 4 heterocycles. The minimum absolute atomic E-state index is 0.00774. The standard InChI is InChI=1S/C84H110N16O12/c1-51(101)90-58(34-53-21-9-3-10-22-53)39-76(104)96-71-48-87-44-65(71)82(110)93-60(36-55-25-13-5-14-26-55)40-75(103)95-68-31-17-29-62(68)80(108)100-73-50-89-46-67(73)83(111)94-61(37-56-27-15-6-16-28-56)42-78(106)98-72-49-88-45-66(72)84(112)99-69-32-18-30-63(69)79(107)92-59(35-54-23-11-4-12-24-54)41-77(105)97-70-47-86-43-64(70)81(109)91-57(38-74(85)102)33-52-19-7-2-8-20-52/h2-16,19-28,57-73,86-89H,17-18,29-50H2,1H3,(H2,85,102)(H,90,101)(H,91,109)(H,92,107)(H,93,110)(H,94,111)(H,95,103)(H,96,104)(H,97,105)(H,98,106)(H,99,112)(H,100,108)/t57-,58-,59-,60-,61-,62-,63-,64-,65-,66-,67-,68-,69-,70-,71-,72-,73-/m0/s1. The molecule has 5 aromatic rings. The van der Waals surface area contributed by atoms with Gasteiger partial charge in [-0.15, -0.1) is 0 Å². The van der Waals surface area contributed by atoms with Crippen molar-refractivity contribution in [2.45, 2.75) is 176 Å². The molecule has 4 aliphatic heterocycles. The van der Waals surface area contributed by atoms with E-state index in [2.05, 4.69) is 79.8 Å².